The Morgan fingerprint density at radius 1 is 1.56 bits per heavy atom. The fraction of sp³-hybridized carbons (Fsp3) is 0.875. The first-order valence-corrected chi connectivity index (χ1v) is 7.32. The molecule has 3 unspecified atom stereocenters. The zero-order valence-corrected chi connectivity index (χ0v) is 10.8. The molecule has 0 aromatic carbocycles. The van der Waals surface area contributed by atoms with E-state index in [1.807, 2.05) is 0 Å². The van der Waals surface area contributed by atoms with Gasteiger partial charge in [0.1, 0.15) is 0 Å². The third-order valence-corrected chi connectivity index (χ3v) is 3.05. The molecule has 2 aliphatic rings. The third-order valence-electron chi connectivity index (χ3n) is 3.05. The van der Waals surface area contributed by atoms with Crippen LogP contribution in [-0.4, -0.2) is 66.2 Å². The second-order valence-electron chi connectivity index (χ2n) is 4.56. The van der Waals surface area contributed by atoms with Crippen molar-refractivity contribution in [2.24, 2.45) is 11.8 Å². The first-order valence-electron chi connectivity index (χ1n) is 5.51. The van der Waals surface area contributed by atoms with E-state index in [4.69, 9.17) is 23.0 Å². The molecule has 104 valence electrons. The largest absolute Gasteiger partial charge is 0.748 e. The maximum atomic E-state index is 11.3. The Balaban J connectivity index is 0.000000280. The van der Waals surface area contributed by atoms with Crippen molar-refractivity contribution in [1.82, 2.24) is 4.90 Å². The highest BCUT2D eigenvalue weighted by atomic mass is 32.2. The highest BCUT2D eigenvalue weighted by Crippen LogP contribution is 2.49. The van der Waals surface area contributed by atoms with Gasteiger partial charge in [-0.2, -0.15) is 0 Å². The molecule has 1 aliphatic carbocycles. The molecule has 0 aromatic rings. The summed E-state index contributed by atoms with van der Waals surface area (Å²) in [6.45, 7) is 0.879. The van der Waals surface area contributed by atoms with Crippen LogP contribution < -0.4 is 5.73 Å². The zero-order valence-electron chi connectivity index (χ0n) is 10.0. The van der Waals surface area contributed by atoms with Gasteiger partial charge in [0.25, 0.3) is 5.91 Å². The molecule has 2 fully saturated rings. The quantitative estimate of drug-likeness (QED) is 0.350. The van der Waals surface area contributed by atoms with Crippen LogP contribution >= 0.6 is 0 Å². The molecule has 3 atom stereocenters. The highest BCUT2D eigenvalue weighted by molar-refractivity contribution is 7.84. The molecular weight excluding hydrogens is 263 g/mol. The van der Waals surface area contributed by atoms with Gasteiger partial charge in [-0.05, 0) is 18.3 Å². The summed E-state index contributed by atoms with van der Waals surface area (Å²) >= 11 is 0. The third kappa shape index (κ3) is 4.21. The van der Waals surface area contributed by atoms with Crippen LogP contribution in [0, 0.1) is 11.8 Å². The Kier molecular flexibility index (Phi) is 4.73. The number of likely N-dealkylation sites (tertiary alicyclic amines) is 1. The predicted molar refractivity (Wildman–Crippen MR) is 60.7 cm³/mol. The van der Waals surface area contributed by atoms with Gasteiger partial charge >= 0.3 is 7.12 Å². The van der Waals surface area contributed by atoms with Gasteiger partial charge in [-0.1, -0.05) is 0 Å². The van der Waals surface area contributed by atoms with E-state index in [1.54, 1.807) is 4.90 Å². The molecule has 2 rings (SSSR count). The maximum absolute atomic E-state index is 11.3. The van der Waals surface area contributed by atoms with Gasteiger partial charge in [-0.25, -0.2) is 8.42 Å². The number of hydrogen-bond donors (Lipinski definition) is 3. The zero-order chi connectivity index (χ0) is 14.1. The number of fused-ring (bicyclic) bond motifs is 1. The van der Waals surface area contributed by atoms with Crippen molar-refractivity contribution in [3.63, 3.8) is 0 Å². The molecule has 5 N–H and O–H groups in total. The summed E-state index contributed by atoms with van der Waals surface area (Å²) in [4.78, 5) is 12.9. The monoisotopic (exact) mass is 280 g/mol. The molecule has 0 bridgehead atoms. The molecular formula is C8H17BN2O6S. The molecule has 10 heteroatoms. The fourth-order valence-electron chi connectivity index (χ4n) is 2.30. The van der Waals surface area contributed by atoms with Crippen LogP contribution in [0.4, 0.5) is 0 Å². The predicted octanol–water partition coefficient (Wildman–Crippen LogP) is -3.75. The van der Waals surface area contributed by atoms with Crippen LogP contribution in [0.3, 0.4) is 0 Å². The van der Waals surface area contributed by atoms with Crippen molar-refractivity contribution in [3.05, 3.63) is 0 Å². The molecule has 18 heavy (non-hydrogen) atoms. The molecule has 8 nitrogen and oxygen atoms in total. The van der Waals surface area contributed by atoms with Crippen LogP contribution in [0.15, 0.2) is 0 Å². The van der Waals surface area contributed by atoms with Crippen LogP contribution in [-0.2, 0) is 14.9 Å². The summed E-state index contributed by atoms with van der Waals surface area (Å²) in [6.07, 6.45) is 1.64. The summed E-state index contributed by atoms with van der Waals surface area (Å²) in [5.41, 5.74) is 3.51. The lowest BCUT2D eigenvalue weighted by Crippen LogP contribution is -2.60. The van der Waals surface area contributed by atoms with Gasteiger partial charge in [0.2, 0.25) is 0 Å². The standard InChI is InChI=1S/C7H13BN2O3.CH4O3S/c9-2-6(11)10-3-4-1-5(4)7(10)8(12)13;1-5(2,3)4/h4-5,7,12-13H,1-3,9H2;1H3,(H,2,3,4). The van der Waals surface area contributed by atoms with E-state index >= 15 is 0 Å². The maximum Gasteiger partial charge on any atom is 0.476 e. The first-order chi connectivity index (χ1) is 8.15. The highest BCUT2D eigenvalue weighted by Gasteiger charge is 2.57. The molecule has 1 heterocycles. The van der Waals surface area contributed by atoms with E-state index in [1.165, 1.54) is 0 Å². The molecule has 1 saturated heterocycles. The summed E-state index contributed by atoms with van der Waals surface area (Å²) in [5.74, 6) is 0.363. The van der Waals surface area contributed by atoms with Crippen molar-refractivity contribution >= 4 is 23.1 Å². The van der Waals surface area contributed by atoms with Gasteiger partial charge in [-0.3, -0.25) is 4.79 Å². The molecule has 1 amide bonds. The topological polar surface area (TPSA) is 146 Å². The van der Waals surface area contributed by atoms with Crippen LogP contribution in [0.25, 0.3) is 0 Å². The van der Waals surface area contributed by atoms with E-state index in [-0.39, 0.29) is 18.4 Å². The van der Waals surface area contributed by atoms with E-state index < -0.39 is 17.2 Å². The number of quaternary nitrogens is 1. The van der Waals surface area contributed by atoms with Crippen molar-refractivity contribution < 1.29 is 33.5 Å². The fourth-order valence-corrected chi connectivity index (χ4v) is 2.30. The number of rotatable bonds is 2. The lowest BCUT2D eigenvalue weighted by molar-refractivity contribution is -0.357. The van der Waals surface area contributed by atoms with Gasteiger partial charge in [0.15, 0.2) is 6.54 Å². The Morgan fingerprint density at radius 3 is 2.44 bits per heavy atom. The number of carbonyl (C=O) groups is 1. The minimum Gasteiger partial charge on any atom is -0.748 e. The average Bonchev–Trinajstić information content (AvgIpc) is 2.85. The number of amides is 1. The van der Waals surface area contributed by atoms with Crippen molar-refractivity contribution in [2.45, 2.75) is 12.4 Å². The van der Waals surface area contributed by atoms with Crippen LogP contribution in [0.5, 0.6) is 0 Å². The van der Waals surface area contributed by atoms with Gasteiger partial charge in [0, 0.05) is 12.8 Å². The second-order valence-corrected chi connectivity index (χ2v) is 5.97. The molecule has 0 radical (unpaired) electrons. The molecule has 1 aliphatic heterocycles. The minimum atomic E-state index is -3.92. The molecule has 0 aromatic heterocycles. The average molecular weight is 280 g/mol. The van der Waals surface area contributed by atoms with Crippen LogP contribution in [0.1, 0.15) is 6.42 Å². The van der Waals surface area contributed by atoms with E-state index in [0.29, 0.717) is 24.6 Å². The van der Waals surface area contributed by atoms with E-state index in [9.17, 15) is 4.79 Å². The molecule has 1 saturated carbocycles. The van der Waals surface area contributed by atoms with Gasteiger partial charge in [-0.15, -0.1) is 0 Å². The summed E-state index contributed by atoms with van der Waals surface area (Å²) in [5, 5.41) is 18.2. The van der Waals surface area contributed by atoms with Crippen LogP contribution in [0.2, 0.25) is 0 Å². The minimum absolute atomic E-state index is 0.0784. The van der Waals surface area contributed by atoms with Crippen molar-refractivity contribution in [3.8, 4) is 0 Å². The smallest absolute Gasteiger partial charge is 0.476 e. The lowest BCUT2D eigenvalue weighted by Gasteiger charge is -2.25. The Morgan fingerprint density at radius 2 is 2.06 bits per heavy atom. The van der Waals surface area contributed by atoms with E-state index in [2.05, 4.69) is 5.73 Å². The Hall–Kier alpha value is -0.675. The van der Waals surface area contributed by atoms with Gasteiger partial charge < -0.3 is 25.2 Å². The van der Waals surface area contributed by atoms with Gasteiger partial charge in [0.05, 0.1) is 16.1 Å². The normalized spacial score (nSPS) is 29.2. The summed E-state index contributed by atoms with van der Waals surface area (Å²) in [7, 11) is -5.31. The number of piperidine rings is 1. The second kappa shape index (κ2) is 5.53. The SMILES string of the molecule is CS(=O)(=O)[O-].[NH3+]CC(=O)N1CC2CC2C1B(O)O. The van der Waals surface area contributed by atoms with E-state index in [0.717, 1.165) is 6.42 Å². The van der Waals surface area contributed by atoms with Crippen molar-refractivity contribution in [1.29, 1.82) is 0 Å². The summed E-state index contributed by atoms with van der Waals surface area (Å²) in [6, 6.07) is 0. The lowest BCUT2D eigenvalue weighted by atomic mass is 9.76. The Bertz CT molecular complexity index is 406. The number of carbonyl (C=O) groups excluding carboxylic acids is 1. The number of hydrogen-bond acceptors (Lipinski definition) is 6. The first kappa shape index (κ1) is 15.4. The van der Waals surface area contributed by atoms with Crippen molar-refractivity contribution in [2.75, 3.05) is 19.3 Å². The molecule has 0 spiro atoms. The Labute approximate surface area is 106 Å². The summed E-state index contributed by atoms with van der Waals surface area (Å²) < 4.78 is 27.2. The number of nitrogens with zero attached hydrogens (tertiary/aromatic N) is 1.